The summed E-state index contributed by atoms with van der Waals surface area (Å²) in [6.07, 6.45) is 1.62. The fraction of sp³-hybridized carbons (Fsp3) is 0.0556. The molecule has 0 radical (unpaired) electrons. The number of nitrogens with one attached hydrogen (secondary N) is 1. The summed E-state index contributed by atoms with van der Waals surface area (Å²) >= 11 is 0. The Hall–Kier alpha value is -3.21. The Morgan fingerprint density at radius 1 is 0.957 bits per heavy atom. The normalized spacial score (nSPS) is 11.0. The van der Waals surface area contributed by atoms with Crippen LogP contribution in [0.2, 0.25) is 0 Å². The molecule has 0 aliphatic rings. The molecule has 0 atom stereocenters. The van der Waals surface area contributed by atoms with Crippen molar-refractivity contribution in [3.63, 3.8) is 0 Å². The predicted molar refractivity (Wildman–Crippen MR) is 89.0 cm³/mol. The van der Waals surface area contributed by atoms with E-state index in [1.54, 1.807) is 18.3 Å². The molecule has 0 amide bonds. The maximum absolute atomic E-state index is 10.0. The van der Waals surface area contributed by atoms with Crippen LogP contribution < -0.4 is 0 Å². The van der Waals surface area contributed by atoms with Crippen LogP contribution in [0.3, 0.4) is 0 Å². The third kappa shape index (κ3) is 2.23. The maximum atomic E-state index is 10.0. The number of rotatable bonds is 2. The summed E-state index contributed by atoms with van der Waals surface area (Å²) in [6, 6.07) is 15.1. The van der Waals surface area contributed by atoms with Gasteiger partial charge >= 0.3 is 0 Å². The lowest BCUT2D eigenvalue weighted by Gasteiger charge is -2.05. The fourth-order valence-corrected chi connectivity index (χ4v) is 2.66. The summed E-state index contributed by atoms with van der Waals surface area (Å²) in [7, 11) is 0. The maximum Gasteiger partial charge on any atom is 0.200 e. The van der Waals surface area contributed by atoms with Crippen LogP contribution in [-0.4, -0.2) is 25.3 Å². The second kappa shape index (κ2) is 5.21. The van der Waals surface area contributed by atoms with Gasteiger partial charge in [0.05, 0.1) is 17.6 Å². The van der Waals surface area contributed by atoms with E-state index in [-0.39, 0.29) is 5.75 Å². The van der Waals surface area contributed by atoms with Crippen molar-refractivity contribution < 1.29 is 5.11 Å². The van der Waals surface area contributed by atoms with Gasteiger partial charge < -0.3 is 5.11 Å². The molecule has 0 saturated heterocycles. The van der Waals surface area contributed by atoms with Gasteiger partial charge in [0.2, 0.25) is 0 Å². The molecule has 2 N–H and O–H groups in total. The second-order valence-electron chi connectivity index (χ2n) is 5.36. The SMILES string of the molecule is Cc1ccccc1-c1[nH]nc2ncc(-c3ccccc3O)nc12. The molecule has 2 heterocycles. The summed E-state index contributed by atoms with van der Waals surface area (Å²) in [4.78, 5) is 9.03. The summed E-state index contributed by atoms with van der Waals surface area (Å²) in [6.45, 7) is 2.04. The largest absolute Gasteiger partial charge is 0.507 e. The first-order chi connectivity index (χ1) is 11.2. The first-order valence-electron chi connectivity index (χ1n) is 7.29. The van der Waals surface area contributed by atoms with Gasteiger partial charge in [-0.2, -0.15) is 5.10 Å². The van der Waals surface area contributed by atoms with Crippen molar-refractivity contribution in [2.45, 2.75) is 6.92 Å². The van der Waals surface area contributed by atoms with E-state index < -0.39 is 0 Å². The van der Waals surface area contributed by atoms with Crippen LogP contribution >= 0.6 is 0 Å². The molecule has 2 aromatic carbocycles. The zero-order valence-corrected chi connectivity index (χ0v) is 12.5. The summed E-state index contributed by atoms with van der Waals surface area (Å²) < 4.78 is 0. The van der Waals surface area contributed by atoms with Crippen molar-refractivity contribution in [2.24, 2.45) is 0 Å². The number of aryl methyl sites for hydroxylation is 1. The quantitative estimate of drug-likeness (QED) is 0.592. The van der Waals surface area contributed by atoms with E-state index in [9.17, 15) is 5.11 Å². The van der Waals surface area contributed by atoms with Gasteiger partial charge in [0.1, 0.15) is 11.3 Å². The van der Waals surface area contributed by atoms with Crippen LogP contribution in [0.4, 0.5) is 0 Å². The number of benzene rings is 2. The predicted octanol–water partition coefficient (Wildman–Crippen LogP) is 3.70. The lowest BCUT2D eigenvalue weighted by molar-refractivity contribution is 0.477. The zero-order valence-electron chi connectivity index (χ0n) is 12.5. The topological polar surface area (TPSA) is 74.7 Å². The van der Waals surface area contributed by atoms with Crippen molar-refractivity contribution >= 4 is 11.2 Å². The van der Waals surface area contributed by atoms with Crippen molar-refractivity contribution in [3.8, 4) is 28.3 Å². The lowest BCUT2D eigenvalue weighted by atomic mass is 10.1. The summed E-state index contributed by atoms with van der Waals surface area (Å²) in [5.41, 5.74) is 5.53. The zero-order chi connectivity index (χ0) is 15.8. The highest BCUT2D eigenvalue weighted by Crippen LogP contribution is 2.31. The van der Waals surface area contributed by atoms with Gasteiger partial charge in [-0.25, -0.2) is 9.97 Å². The number of phenols is 1. The molecule has 0 saturated carbocycles. The first kappa shape index (κ1) is 13.5. The molecule has 23 heavy (non-hydrogen) atoms. The second-order valence-corrected chi connectivity index (χ2v) is 5.36. The first-order valence-corrected chi connectivity index (χ1v) is 7.29. The molecular weight excluding hydrogens is 288 g/mol. The standard InChI is InChI=1S/C18H14N4O/c1-11-6-2-3-7-12(11)16-17-18(22-21-16)19-10-14(20-17)13-8-4-5-9-15(13)23/h2-10,23H,1H3,(H,19,21,22). The molecule has 2 aromatic heterocycles. The molecule has 0 aliphatic carbocycles. The number of aromatic nitrogens is 4. The van der Waals surface area contributed by atoms with E-state index in [0.29, 0.717) is 22.4 Å². The third-order valence-corrected chi connectivity index (χ3v) is 3.86. The average molecular weight is 302 g/mol. The van der Waals surface area contributed by atoms with E-state index in [0.717, 1.165) is 16.8 Å². The van der Waals surface area contributed by atoms with Crippen molar-refractivity contribution in [1.82, 2.24) is 20.2 Å². The number of para-hydroxylation sites is 1. The number of nitrogens with zero attached hydrogens (tertiary/aromatic N) is 3. The van der Waals surface area contributed by atoms with Crippen molar-refractivity contribution in [1.29, 1.82) is 0 Å². The Bertz CT molecular complexity index is 1010. The van der Waals surface area contributed by atoms with Gasteiger partial charge in [-0.3, -0.25) is 5.10 Å². The number of H-pyrrole nitrogens is 1. The van der Waals surface area contributed by atoms with E-state index in [2.05, 4.69) is 20.2 Å². The lowest BCUT2D eigenvalue weighted by Crippen LogP contribution is -1.89. The van der Waals surface area contributed by atoms with E-state index in [4.69, 9.17) is 0 Å². The molecule has 0 bridgehead atoms. The molecule has 4 aromatic rings. The minimum absolute atomic E-state index is 0.182. The molecule has 5 heteroatoms. The highest BCUT2D eigenvalue weighted by atomic mass is 16.3. The van der Waals surface area contributed by atoms with E-state index >= 15 is 0 Å². The van der Waals surface area contributed by atoms with Gasteiger partial charge in [-0.1, -0.05) is 36.4 Å². The van der Waals surface area contributed by atoms with Crippen molar-refractivity contribution in [2.75, 3.05) is 0 Å². The van der Waals surface area contributed by atoms with Crippen LogP contribution in [0, 0.1) is 6.92 Å². The fourth-order valence-electron chi connectivity index (χ4n) is 2.66. The summed E-state index contributed by atoms with van der Waals surface area (Å²) in [5.74, 6) is 0.182. The summed E-state index contributed by atoms with van der Waals surface area (Å²) in [5, 5.41) is 17.3. The molecule has 0 fully saturated rings. The third-order valence-electron chi connectivity index (χ3n) is 3.86. The molecule has 4 rings (SSSR count). The Kier molecular flexibility index (Phi) is 3.05. The smallest absolute Gasteiger partial charge is 0.200 e. The monoisotopic (exact) mass is 302 g/mol. The molecule has 0 spiro atoms. The molecule has 0 aliphatic heterocycles. The number of aromatic hydroxyl groups is 1. The van der Waals surface area contributed by atoms with Crippen LogP contribution in [0.5, 0.6) is 5.75 Å². The van der Waals surface area contributed by atoms with E-state index in [1.165, 1.54) is 0 Å². The number of aromatic amines is 1. The number of hydrogen-bond donors (Lipinski definition) is 2. The Labute approximate surface area is 132 Å². The Balaban J connectivity index is 1.94. The highest BCUT2D eigenvalue weighted by molar-refractivity contribution is 5.89. The van der Waals surface area contributed by atoms with E-state index in [1.807, 2.05) is 43.3 Å². The van der Waals surface area contributed by atoms with Crippen LogP contribution in [0.25, 0.3) is 33.7 Å². The van der Waals surface area contributed by atoms with Crippen LogP contribution in [0.1, 0.15) is 5.56 Å². The number of hydrogen-bond acceptors (Lipinski definition) is 4. The highest BCUT2D eigenvalue weighted by Gasteiger charge is 2.14. The van der Waals surface area contributed by atoms with Gasteiger partial charge in [-0.05, 0) is 24.6 Å². The van der Waals surface area contributed by atoms with Crippen molar-refractivity contribution in [3.05, 3.63) is 60.3 Å². The van der Waals surface area contributed by atoms with Gasteiger partial charge in [-0.15, -0.1) is 0 Å². The van der Waals surface area contributed by atoms with Gasteiger partial charge in [0, 0.05) is 11.1 Å². The van der Waals surface area contributed by atoms with Gasteiger partial charge in [0.15, 0.2) is 5.65 Å². The van der Waals surface area contributed by atoms with Gasteiger partial charge in [0.25, 0.3) is 0 Å². The number of fused-ring (bicyclic) bond motifs is 1. The molecular formula is C18H14N4O. The van der Waals surface area contributed by atoms with Crippen LogP contribution in [0.15, 0.2) is 54.7 Å². The Morgan fingerprint density at radius 3 is 2.48 bits per heavy atom. The minimum atomic E-state index is 0.182. The molecule has 112 valence electrons. The Morgan fingerprint density at radius 2 is 1.70 bits per heavy atom. The number of phenolic OH excluding ortho intramolecular Hbond substituents is 1. The minimum Gasteiger partial charge on any atom is -0.507 e. The molecule has 5 nitrogen and oxygen atoms in total. The average Bonchev–Trinajstić information content (AvgIpc) is 2.99. The molecule has 0 unspecified atom stereocenters. The van der Waals surface area contributed by atoms with Crippen LogP contribution in [-0.2, 0) is 0 Å².